The zero-order valence-corrected chi connectivity index (χ0v) is 25.4. The predicted molar refractivity (Wildman–Crippen MR) is 161 cm³/mol. The molecule has 3 heterocycles. The average Bonchev–Trinajstić information content (AvgIpc) is 3.01. The summed E-state index contributed by atoms with van der Waals surface area (Å²) >= 11 is 0. The number of amides is 3. The highest BCUT2D eigenvalue weighted by Gasteiger charge is 2.58. The zero-order valence-electron chi connectivity index (χ0n) is 24.6. The molecule has 4 aliphatic carbocycles. The minimum absolute atomic E-state index is 0.0244. The van der Waals surface area contributed by atoms with E-state index in [9.17, 15) is 31.2 Å². The number of fused-ring (bicyclic) bond motifs is 1. The summed E-state index contributed by atoms with van der Waals surface area (Å²) in [6.45, 7) is 0.610. The van der Waals surface area contributed by atoms with Crippen LogP contribution in [0.15, 0.2) is 42.6 Å². The number of para-hydroxylation sites is 2. The van der Waals surface area contributed by atoms with Crippen LogP contribution in [0, 0.1) is 23.2 Å². The monoisotopic (exact) mass is 647 g/mol. The molecule has 45 heavy (non-hydrogen) atoms. The lowest BCUT2D eigenvalue weighted by molar-refractivity contribution is -0.145. The highest BCUT2D eigenvalue weighted by molar-refractivity contribution is 7.90. The van der Waals surface area contributed by atoms with Gasteiger partial charge in [0, 0.05) is 50.7 Å². The van der Waals surface area contributed by atoms with Gasteiger partial charge in [-0.25, -0.2) is 18.2 Å². The second-order valence-corrected chi connectivity index (χ2v) is 15.0. The third kappa shape index (κ3) is 5.07. The van der Waals surface area contributed by atoms with Crippen LogP contribution in [0.2, 0.25) is 0 Å². The summed E-state index contributed by atoms with van der Waals surface area (Å²) in [5.74, 6) is 1.47. The molecule has 5 fully saturated rings. The number of halogens is 3. The topological polar surface area (TPSA) is 132 Å². The van der Waals surface area contributed by atoms with Gasteiger partial charge in [0.05, 0.1) is 23.3 Å². The number of hydrogen-bond donors (Lipinski definition) is 2. The van der Waals surface area contributed by atoms with Crippen molar-refractivity contribution < 1.29 is 31.2 Å². The van der Waals surface area contributed by atoms with E-state index >= 15 is 0 Å². The molecule has 2 aliphatic heterocycles. The summed E-state index contributed by atoms with van der Waals surface area (Å²) in [4.78, 5) is 36.3. The number of pyridine rings is 1. The average molecular weight is 648 g/mol. The van der Waals surface area contributed by atoms with E-state index in [2.05, 4.69) is 10.3 Å². The Morgan fingerprint density at radius 3 is 2.18 bits per heavy atom. The van der Waals surface area contributed by atoms with Gasteiger partial charge in [0.15, 0.2) is 0 Å². The molecule has 15 heteroatoms. The van der Waals surface area contributed by atoms with Gasteiger partial charge in [0.2, 0.25) is 5.91 Å². The molecule has 5 atom stereocenters. The summed E-state index contributed by atoms with van der Waals surface area (Å²) < 4.78 is 62.8. The fourth-order valence-corrected chi connectivity index (χ4v) is 9.59. The SMILES string of the molecule is NC(=O)C12CC3C[C@H](C1)C(NC(=O)N1CCN(c4ccc(N5CCN(S(=O)(=O)C(F)(F)F)CC5)cn4)c4ccccc41)[C@@H](C3)C2. The number of anilines is 4. The Morgan fingerprint density at radius 1 is 0.911 bits per heavy atom. The van der Waals surface area contributed by atoms with Crippen molar-refractivity contribution in [1.29, 1.82) is 0 Å². The van der Waals surface area contributed by atoms with E-state index in [0.29, 0.717) is 34.8 Å². The Labute approximate surface area is 259 Å². The molecule has 4 saturated carbocycles. The number of sulfonamides is 1. The fraction of sp³-hybridized carbons (Fsp3) is 0.567. The minimum atomic E-state index is -5.35. The molecule has 8 rings (SSSR count). The van der Waals surface area contributed by atoms with Crippen LogP contribution in [0.4, 0.5) is 40.8 Å². The molecule has 1 aromatic heterocycles. The van der Waals surface area contributed by atoms with Gasteiger partial charge in [0.25, 0.3) is 0 Å². The number of benzene rings is 1. The number of urea groups is 1. The lowest BCUT2D eigenvalue weighted by Crippen LogP contribution is -2.63. The first-order valence-corrected chi connectivity index (χ1v) is 16.8. The minimum Gasteiger partial charge on any atom is -0.369 e. The molecule has 6 aliphatic rings. The maximum absolute atomic E-state index is 13.7. The zero-order chi connectivity index (χ0) is 31.7. The molecule has 11 nitrogen and oxygen atoms in total. The standard InChI is InChI=1S/C30H36F3N7O4S/c31-30(32,33)45(43,44)38-9-7-37(8-10-38)22-5-6-25(35-18-22)39-11-12-40(24-4-2-1-3-23(24)39)28(42)36-26-20-13-19-14-21(26)17-29(15-19,16-20)27(34)41/h1-6,18-21,26H,7-17H2,(H2,34,41)(H,36,42)/t19?,20-,21+,26?,29?. The molecule has 4 bridgehead atoms. The van der Waals surface area contributed by atoms with E-state index in [4.69, 9.17) is 5.73 Å². The van der Waals surface area contributed by atoms with Crippen LogP contribution in [-0.2, 0) is 14.8 Å². The highest BCUT2D eigenvalue weighted by atomic mass is 32.2. The highest BCUT2D eigenvalue weighted by Crippen LogP contribution is 2.60. The van der Waals surface area contributed by atoms with E-state index < -0.39 is 20.9 Å². The summed E-state index contributed by atoms with van der Waals surface area (Å²) in [7, 11) is -5.35. The summed E-state index contributed by atoms with van der Waals surface area (Å²) in [5.41, 5.74) is 2.38. The van der Waals surface area contributed by atoms with Gasteiger partial charge in [-0.1, -0.05) is 12.1 Å². The quantitative estimate of drug-likeness (QED) is 0.509. The number of hydrogen-bond acceptors (Lipinski definition) is 7. The number of nitrogens with zero attached hydrogens (tertiary/aromatic N) is 5. The molecule has 3 N–H and O–H groups in total. The second kappa shape index (κ2) is 10.7. The van der Waals surface area contributed by atoms with Crippen LogP contribution in [0.3, 0.4) is 0 Å². The lowest BCUT2D eigenvalue weighted by atomic mass is 9.47. The van der Waals surface area contributed by atoms with Crippen molar-refractivity contribution in [2.24, 2.45) is 28.9 Å². The van der Waals surface area contributed by atoms with Gasteiger partial charge in [-0.3, -0.25) is 9.69 Å². The van der Waals surface area contributed by atoms with Gasteiger partial charge in [-0.2, -0.15) is 17.5 Å². The normalized spacial score (nSPS) is 29.9. The third-order valence-electron chi connectivity index (χ3n) is 10.6. The molecular weight excluding hydrogens is 611 g/mol. The number of nitrogens with two attached hydrogens (primary N) is 1. The Morgan fingerprint density at radius 2 is 1.58 bits per heavy atom. The molecule has 3 amide bonds. The number of carbonyl (C=O) groups excluding carboxylic acids is 2. The maximum atomic E-state index is 13.7. The molecule has 2 aromatic rings. The molecule has 1 aromatic carbocycles. The third-order valence-corrected chi connectivity index (χ3v) is 12.2. The van der Waals surface area contributed by atoms with Gasteiger partial charge < -0.3 is 20.9 Å². The van der Waals surface area contributed by atoms with E-state index in [1.807, 2.05) is 46.2 Å². The van der Waals surface area contributed by atoms with Gasteiger partial charge in [-0.15, -0.1) is 0 Å². The number of primary amides is 1. The number of carbonyl (C=O) groups is 2. The van der Waals surface area contributed by atoms with Crippen molar-refractivity contribution in [1.82, 2.24) is 14.6 Å². The van der Waals surface area contributed by atoms with Crippen molar-refractivity contribution in [2.75, 3.05) is 54.0 Å². The molecule has 242 valence electrons. The Bertz CT molecular complexity index is 1580. The first kappa shape index (κ1) is 30.1. The summed E-state index contributed by atoms with van der Waals surface area (Å²) in [5, 5.41) is 3.34. The Balaban J connectivity index is 1.03. The van der Waals surface area contributed by atoms with Crippen molar-refractivity contribution in [3.63, 3.8) is 0 Å². The van der Waals surface area contributed by atoms with Crippen LogP contribution in [-0.4, -0.2) is 80.5 Å². The van der Waals surface area contributed by atoms with Gasteiger partial charge in [0.1, 0.15) is 5.82 Å². The van der Waals surface area contributed by atoms with Crippen LogP contribution in [0.1, 0.15) is 32.1 Å². The van der Waals surface area contributed by atoms with Crippen LogP contribution in [0.25, 0.3) is 0 Å². The maximum Gasteiger partial charge on any atom is 0.511 e. The molecular formula is C30H36F3N7O4S. The largest absolute Gasteiger partial charge is 0.511 e. The summed E-state index contributed by atoms with van der Waals surface area (Å²) in [6, 6.07) is 11.1. The second-order valence-electron chi connectivity index (χ2n) is 13.1. The smallest absolute Gasteiger partial charge is 0.369 e. The van der Waals surface area contributed by atoms with Crippen LogP contribution in [0.5, 0.6) is 0 Å². The first-order chi connectivity index (χ1) is 21.4. The number of piperazine rings is 1. The first-order valence-electron chi connectivity index (χ1n) is 15.4. The lowest BCUT2D eigenvalue weighted by Gasteiger charge is -2.59. The van der Waals surface area contributed by atoms with Gasteiger partial charge in [-0.05, 0) is 74.1 Å². The summed E-state index contributed by atoms with van der Waals surface area (Å²) in [6.07, 6.45) is 6.04. The van der Waals surface area contributed by atoms with Gasteiger partial charge >= 0.3 is 21.6 Å². The van der Waals surface area contributed by atoms with E-state index in [-0.39, 0.29) is 56.0 Å². The van der Waals surface area contributed by atoms with Crippen molar-refractivity contribution >= 4 is 44.8 Å². The van der Waals surface area contributed by atoms with E-state index in [1.165, 1.54) is 0 Å². The predicted octanol–water partition coefficient (Wildman–Crippen LogP) is 3.40. The number of aromatic nitrogens is 1. The van der Waals surface area contributed by atoms with Crippen molar-refractivity contribution in [2.45, 2.75) is 43.7 Å². The van der Waals surface area contributed by atoms with Crippen LogP contribution >= 0.6 is 0 Å². The van der Waals surface area contributed by atoms with Crippen molar-refractivity contribution in [3.05, 3.63) is 42.6 Å². The number of alkyl halides is 3. The van der Waals surface area contributed by atoms with Crippen molar-refractivity contribution in [3.8, 4) is 0 Å². The van der Waals surface area contributed by atoms with E-state index in [1.54, 1.807) is 11.1 Å². The number of rotatable bonds is 5. The number of nitrogens with one attached hydrogen (secondary N) is 1. The Hall–Kier alpha value is -3.59. The Kier molecular flexibility index (Phi) is 7.19. The molecule has 0 radical (unpaired) electrons. The fourth-order valence-electron chi connectivity index (χ4n) is 8.65. The molecule has 0 spiro atoms. The molecule has 3 unspecified atom stereocenters. The molecule has 1 saturated heterocycles. The van der Waals surface area contributed by atoms with Crippen LogP contribution < -0.4 is 25.8 Å². The van der Waals surface area contributed by atoms with E-state index in [0.717, 1.165) is 43.5 Å².